The number of nitriles is 1. The van der Waals surface area contributed by atoms with Crippen molar-refractivity contribution in [2.24, 2.45) is 0 Å². The molecule has 0 radical (unpaired) electrons. The van der Waals surface area contributed by atoms with Crippen molar-refractivity contribution in [2.45, 2.75) is 0 Å². The van der Waals surface area contributed by atoms with Crippen molar-refractivity contribution < 1.29 is 0 Å². The lowest BCUT2D eigenvalue weighted by Crippen LogP contribution is -1.97. The molecule has 0 N–H and O–H groups in total. The zero-order valence-electron chi connectivity index (χ0n) is 31.3. The van der Waals surface area contributed by atoms with Crippen molar-refractivity contribution >= 4 is 21.8 Å². The van der Waals surface area contributed by atoms with Crippen LogP contribution in [0.15, 0.2) is 200 Å². The fraction of sp³-hybridized carbons (Fsp3) is 0. The van der Waals surface area contributed by atoms with Gasteiger partial charge in [0.15, 0.2) is 11.6 Å². The van der Waals surface area contributed by atoms with Crippen LogP contribution in [0.2, 0.25) is 0 Å². The van der Waals surface area contributed by atoms with E-state index in [1.165, 1.54) is 0 Å². The highest BCUT2D eigenvalue weighted by molar-refractivity contribution is 5.98. The van der Waals surface area contributed by atoms with Crippen LogP contribution in [0, 0.1) is 11.3 Å². The van der Waals surface area contributed by atoms with E-state index in [4.69, 9.17) is 19.9 Å². The van der Waals surface area contributed by atoms with E-state index >= 15 is 0 Å². The first-order valence-electron chi connectivity index (χ1n) is 19.2. The van der Waals surface area contributed by atoms with Crippen LogP contribution in [0.1, 0.15) is 5.56 Å². The van der Waals surface area contributed by atoms with Crippen LogP contribution in [0.5, 0.6) is 0 Å². The molecule has 0 amide bonds. The number of rotatable bonds is 7. The minimum Gasteiger partial charge on any atom is -0.228 e. The number of hydrogen-bond acceptors (Lipinski definition) is 5. The van der Waals surface area contributed by atoms with Gasteiger partial charge in [-0.25, -0.2) is 19.9 Å². The highest BCUT2D eigenvalue weighted by Gasteiger charge is 2.19. The summed E-state index contributed by atoms with van der Waals surface area (Å²) in [7, 11) is 0. The largest absolute Gasteiger partial charge is 0.228 e. The lowest BCUT2D eigenvalue weighted by atomic mass is 9.86. The van der Waals surface area contributed by atoms with Crippen molar-refractivity contribution in [3.63, 3.8) is 0 Å². The molecule has 8 aromatic carbocycles. The molecule has 0 saturated carbocycles. The Morgan fingerprint density at radius 2 is 0.741 bits per heavy atom. The predicted molar refractivity (Wildman–Crippen MR) is 235 cm³/mol. The molecule has 5 nitrogen and oxygen atoms in total. The van der Waals surface area contributed by atoms with Crippen molar-refractivity contribution in [1.29, 1.82) is 5.26 Å². The van der Waals surface area contributed by atoms with Gasteiger partial charge in [0.1, 0.15) is 0 Å². The van der Waals surface area contributed by atoms with Gasteiger partial charge in [-0.15, -0.1) is 0 Å². The van der Waals surface area contributed by atoms with E-state index in [2.05, 4.69) is 115 Å². The molecular formula is C53H33N5. The van der Waals surface area contributed by atoms with Crippen LogP contribution in [0.25, 0.3) is 100 Å². The first kappa shape index (κ1) is 34.4. The van der Waals surface area contributed by atoms with Gasteiger partial charge in [0.25, 0.3) is 0 Å². The van der Waals surface area contributed by atoms with E-state index in [1.807, 2.05) is 91.0 Å². The third-order valence-corrected chi connectivity index (χ3v) is 10.5. The highest BCUT2D eigenvalue weighted by atomic mass is 14.9. The van der Waals surface area contributed by atoms with E-state index in [0.717, 1.165) is 88.8 Å². The molecule has 0 spiro atoms. The number of hydrogen-bond donors (Lipinski definition) is 0. The standard InChI is InChI=1S/C53H33N5/c54-34-35-15-11-20-38(31-35)43-27-14-28-44(39-21-12-23-41(32-39)52-55-47-29-9-7-25-45(47)50(57-52)36-16-3-1-4-17-36)49(43)40-22-13-24-42(33-40)53-56-48-30-10-8-26-46(48)51(58-53)37-18-5-2-6-19-37/h1-33H. The van der Waals surface area contributed by atoms with Crippen LogP contribution in [0.3, 0.4) is 0 Å². The predicted octanol–water partition coefficient (Wildman–Crippen LogP) is 13.1. The van der Waals surface area contributed by atoms with Crippen molar-refractivity contribution in [2.75, 3.05) is 0 Å². The first-order valence-corrected chi connectivity index (χ1v) is 19.2. The molecule has 10 aromatic rings. The van der Waals surface area contributed by atoms with Gasteiger partial charge in [-0.1, -0.05) is 164 Å². The minimum absolute atomic E-state index is 0.602. The monoisotopic (exact) mass is 739 g/mol. The van der Waals surface area contributed by atoms with Crippen LogP contribution >= 0.6 is 0 Å². The van der Waals surface area contributed by atoms with E-state index < -0.39 is 0 Å². The molecule has 0 fully saturated rings. The zero-order valence-corrected chi connectivity index (χ0v) is 31.3. The van der Waals surface area contributed by atoms with E-state index in [9.17, 15) is 5.26 Å². The summed E-state index contributed by atoms with van der Waals surface area (Å²) in [5, 5.41) is 11.9. The summed E-state index contributed by atoms with van der Waals surface area (Å²) in [6.07, 6.45) is 0. The van der Waals surface area contributed by atoms with Gasteiger partial charge in [-0.2, -0.15) is 5.26 Å². The normalized spacial score (nSPS) is 11.1. The molecule has 0 saturated heterocycles. The second-order valence-corrected chi connectivity index (χ2v) is 14.1. The van der Waals surface area contributed by atoms with Gasteiger partial charge >= 0.3 is 0 Å². The quantitative estimate of drug-likeness (QED) is 0.163. The topological polar surface area (TPSA) is 75.3 Å². The van der Waals surface area contributed by atoms with Crippen molar-refractivity contribution in [3.8, 4) is 84.7 Å². The van der Waals surface area contributed by atoms with Gasteiger partial charge in [0, 0.05) is 33.0 Å². The van der Waals surface area contributed by atoms with E-state index in [-0.39, 0.29) is 0 Å². The smallest absolute Gasteiger partial charge is 0.160 e. The Bertz CT molecular complexity index is 3190. The molecule has 0 aliphatic carbocycles. The summed E-state index contributed by atoms with van der Waals surface area (Å²) in [6, 6.07) is 70.3. The number of aromatic nitrogens is 4. The third kappa shape index (κ3) is 6.45. The molecule has 2 heterocycles. The summed E-state index contributed by atoms with van der Waals surface area (Å²) >= 11 is 0. The molecule has 0 aliphatic heterocycles. The van der Waals surface area contributed by atoms with Gasteiger partial charge in [-0.3, -0.25) is 0 Å². The van der Waals surface area contributed by atoms with Crippen LogP contribution in [0.4, 0.5) is 0 Å². The summed E-state index contributed by atoms with van der Waals surface area (Å²) in [5.74, 6) is 1.30. The summed E-state index contributed by atoms with van der Waals surface area (Å²) < 4.78 is 0. The molecule has 10 rings (SSSR count). The van der Waals surface area contributed by atoms with E-state index in [0.29, 0.717) is 17.2 Å². The molecule has 58 heavy (non-hydrogen) atoms. The Kier molecular flexibility index (Phi) is 8.83. The second-order valence-electron chi connectivity index (χ2n) is 14.1. The Morgan fingerprint density at radius 1 is 0.328 bits per heavy atom. The van der Waals surface area contributed by atoms with Gasteiger partial charge in [-0.05, 0) is 69.8 Å². The van der Waals surface area contributed by atoms with Crippen molar-refractivity contribution in [3.05, 3.63) is 206 Å². The SMILES string of the molecule is N#Cc1cccc(-c2cccc(-c3cccc(-c4nc(-c5ccccc5)c5ccccc5n4)c3)c2-c2cccc(-c3nc(-c4ccccc4)c4ccccc4n3)c2)c1. The van der Waals surface area contributed by atoms with Crippen LogP contribution < -0.4 is 0 Å². The Labute approximate surface area is 336 Å². The molecule has 270 valence electrons. The van der Waals surface area contributed by atoms with Gasteiger partial charge in [0.2, 0.25) is 0 Å². The Hall–Kier alpha value is -8.07. The maximum atomic E-state index is 9.89. The lowest BCUT2D eigenvalue weighted by Gasteiger charge is -2.18. The van der Waals surface area contributed by atoms with Crippen molar-refractivity contribution in [1.82, 2.24) is 19.9 Å². The molecular weight excluding hydrogens is 707 g/mol. The highest BCUT2D eigenvalue weighted by Crippen LogP contribution is 2.42. The van der Waals surface area contributed by atoms with Crippen LogP contribution in [-0.2, 0) is 0 Å². The van der Waals surface area contributed by atoms with Gasteiger partial charge < -0.3 is 0 Å². The minimum atomic E-state index is 0.602. The number of fused-ring (bicyclic) bond motifs is 2. The molecule has 2 aromatic heterocycles. The molecule has 0 bridgehead atoms. The Balaban J connectivity index is 1.16. The fourth-order valence-corrected chi connectivity index (χ4v) is 7.78. The number of benzene rings is 8. The van der Waals surface area contributed by atoms with Crippen LogP contribution in [-0.4, -0.2) is 19.9 Å². The van der Waals surface area contributed by atoms with Gasteiger partial charge in [0.05, 0.1) is 34.1 Å². The summed E-state index contributed by atoms with van der Waals surface area (Å²) in [6.45, 7) is 0. The average molecular weight is 740 g/mol. The third-order valence-electron chi connectivity index (χ3n) is 10.5. The average Bonchev–Trinajstić information content (AvgIpc) is 3.31. The Morgan fingerprint density at radius 3 is 1.29 bits per heavy atom. The molecule has 5 heteroatoms. The maximum Gasteiger partial charge on any atom is 0.160 e. The zero-order chi connectivity index (χ0) is 38.8. The van der Waals surface area contributed by atoms with E-state index in [1.54, 1.807) is 0 Å². The first-order chi connectivity index (χ1) is 28.7. The molecule has 0 atom stereocenters. The number of para-hydroxylation sites is 2. The maximum absolute atomic E-state index is 9.89. The molecule has 0 aliphatic rings. The fourth-order valence-electron chi connectivity index (χ4n) is 7.78. The second kappa shape index (κ2) is 14.9. The summed E-state index contributed by atoms with van der Waals surface area (Å²) in [4.78, 5) is 20.5. The molecule has 0 unspecified atom stereocenters. The number of nitrogens with zero attached hydrogens (tertiary/aromatic N) is 5. The lowest BCUT2D eigenvalue weighted by molar-refractivity contribution is 1.23. The summed E-state index contributed by atoms with van der Waals surface area (Å²) in [5.41, 5.74) is 14.1.